The minimum atomic E-state index is -0.627. The van der Waals surface area contributed by atoms with E-state index in [0.29, 0.717) is 10.0 Å². The van der Waals surface area contributed by atoms with Crippen LogP contribution >= 0.6 is 22.9 Å². The van der Waals surface area contributed by atoms with Crippen LogP contribution in [0.25, 0.3) is 6.08 Å². The van der Waals surface area contributed by atoms with Crippen molar-refractivity contribution in [3.8, 4) is 0 Å². The quantitative estimate of drug-likeness (QED) is 0.636. The van der Waals surface area contributed by atoms with Crippen molar-refractivity contribution >= 4 is 52.5 Å². The standard InChI is InChI=1S/C17H14ClN3O3S/c1-10-2-4-11(5-3-10)19-15(22)9-21-16(23)13(20-17(21)24)8-12-6-7-14(18)25-12/h2-8H,9H2,1H3,(H,19,22)(H,20,24)/b13-8+. The van der Waals surface area contributed by atoms with Crippen molar-refractivity contribution in [3.05, 3.63) is 56.9 Å². The maximum atomic E-state index is 12.3. The molecule has 0 unspecified atom stereocenters. The maximum absolute atomic E-state index is 12.3. The summed E-state index contributed by atoms with van der Waals surface area (Å²) in [6.45, 7) is 1.58. The van der Waals surface area contributed by atoms with E-state index in [2.05, 4.69) is 10.6 Å². The lowest BCUT2D eigenvalue weighted by molar-refractivity contribution is -0.127. The lowest BCUT2D eigenvalue weighted by Gasteiger charge is -2.12. The molecule has 0 spiro atoms. The Morgan fingerprint density at radius 3 is 2.60 bits per heavy atom. The van der Waals surface area contributed by atoms with E-state index in [9.17, 15) is 14.4 Å². The molecule has 0 radical (unpaired) electrons. The number of benzene rings is 1. The summed E-state index contributed by atoms with van der Waals surface area (Å²) in [7, 11) is 0. The molecule has 1 aliphatic heterocycles. The fourth-order valence-electron chi connectivity index (χ4n) is 2.24. The molecular formula is C17H14ClN3O3S. The molecule has 1 saturated heterocycles. The van der Waals surface area contributed by atoms with E-state index in [1.165, 1.54) is 17.4 Å². The number of carbonyl (C=O) groups is 3. The van der Waals surface area contributed by atoms with Crippen LogP contribution in [0.15, 0.2) is 42.1 Å². The number of rotatable bonds is 4. The number of imide groups is 1. The van der Waals surface area contributed by atoms with Gasteiger partial charge in [0.2, 0.25) is 5.91 Å². The maximum Gasteiger partial charge on any atom is 0.329 e. The Hall–Kier alpha value is -2.64. The van der Waals surface area contributed by atoms with Crippen LogP contribution in [-0.4, -0.2) is 29.3 Å². The molecule has 2 N–H and O–H groups in total. The molecule has 128 valence electrons. The van der Waals surface area contributed by atoms with Gasteiger partial charge < -0.3 is 10.6 Å². The summed E-state index contributed by atoms with van der Waals surface area (Å²) < 4.78 is 0.581. The van der Waals surface area contributed by atoms with Gasteiger partial charge in [-0.2, -0.15) is 0 Å². The highest BCUT2D eigenvalue weighted by Crippen LogP contribution is 2.24. The monoisotopic (exact) mass is 375 g/mol. The number of hydrogen-bond acceptors (Lipinski definition) is 4. The molecule has 25 heavy (non-hydrogen) atoms. The number of amides is 4. The number of halogens is 1. The molecule has 1 aliphatic rings. The molecule has 1 fully saturated rings. The van der Waals surface area contributed by atoms with Gasteiger partial charge in [0, 0.05) is 10.6 Å². The number of carbonyl (C=O) groups excluding carboxylic acids is 3. The SMILES string of the molecule is Cc1ccc(NC(=O)CN2C(=O)N/C(=C/c3ccc(Cl)s3)C2=O)cc1. The molecule has 0 atom stereocenters. The molecule has 2 aromatic rings. The molecule has 4 amide bonds. The Kier molecular flexibility index (Phi) is 4.87. The molecule has 1 aromatic heterocycles. The molecule has 8 heteroatoms. The van der Waals surface area contributed by atoms with E-state index in [4.69, 9.17) is 11.6 Å². The van der Waals surface area contributed by atoms with E-state index >= 15 is 0 Å². The van der Waals surface area contributed by atoms with Gasteiger partial charge in [-0.3, -0.25) is 9.59 Å². The van der Waals surface area contributed by atoms with Crippen LogP contribution in [0.1, 0.15) is 10.4 Å². The van der Waals surface area contributed by atoms with E-state index in [-0.39, 0.29) is 12.2 Å². The Bertz CT molecular complexity index is 874. The van der Waals surface area contributed by atoms with Gasteiger partial charge in [-0.1, -0.05) is 29.3 Å². The van der Waals surface area contributed by atoms with Crippen LogP contribution < -0.4 is 10.6 Å². The van der Waals surface area contributed by atoms with Crippen molar-refractivity contribution in [3.63, 3.8) is 0 Å². The molecule has 0 aliphatic carbocycles. The zero-order valence-corrected chi connectivity index (χ0v) is 14.8. The average Bonchev–Trinajstić information content (AvgIpc) is 3.08. The number of thiophene rings is 1. The third-order valence-electron chi connectivity index (χ3n) is 3.48. The summed E-state index contributed by atoms with van der Waals surface area (Å²) in [6, 6.07) is 10.0. The van der Waals surface area contributed by atoms with Gasteiger partial charge in [0.05, 0.1) is 4.34 Å². The second-order valence-electron chi connectivity index (χ2n) is 5.44. The zero-order valence-electron chi connectivity index (χ0n) is 13.2. The van der Waals surface area contributed by atoms with E-state index in [1.54, 1.807) is 24.3 Å². The molecule has 3 rings (SSSR count). The average molecular weight is 376 g/mol. The van der Waals surface area contributed by atoms with E-state index in [0.717, 1.165) is 15.3 Å². The van der Waals surface area contributed by atoms with Crippen molar-refractivity contribution in [1.29, 1.82) is 0 Å². The Labute approximate surface area is 153 Å². The first-order chi connectivity index (χ1) is 11.9. The molecule has 1 aromatic carbocycles. The summed E-state index contributed by atoms with van der Waals surface area (Å²) in [5.41, 5.74) is 1.79. The van der Waals surface area contributed by atoms with Crippen molar-refractivity contribution in [1.82, 2.24) is 10.2 Å². The van der Waals surface area contributed by atoms with Gasteiger partial charge in [-0.15, -0.1) is 11.3 Å². The molecular weight excluding hydrogens is 362 g/mol. The number of nitrogens with one attached hydrogen (secondary N) is 2. The normalized spacial score (nSPS) is 15.6. The molecule has 6 nitrogen and oxygen atoms in total. The predicted molar refractivity (Wildman–Crippen MR) is 97.4 cm³/mol. The summed E-state index contributed by atoms with van der Waals surface area (Å²) in [4.78, 5) is 38.0. The Balaban J connectivity index is 1.67. The van der Waals surface area contributed by atoms with Crippen molar-refractivity contribution in [2.75, 3.05) is 11.9 Å². The third kappa shape index (κ3) is 4.07. The van der Waals surface area contributed by atoms with E-state index < -0.39 is 17.8 Å². The minimum Gasteiger partial charge on any atom is -0.325 e. The summed E-state index contributed by atoms with van der Waals surface area (Å²) in [6.07, 6.45) is 1.54. The van der Waals surface area contributed by atoms with Gasteiger partial charge in [-0.25, -0.2) is 9.69 Å². The second kappa shape index (κ2) is 7.08. The number of urea groups is 1. The highest BCUT2D eigenvalue weighted by atomic mass is 35.5. The molecule has 0 saturated carbocycles. The van der Waals surface area contributed by atoms with Crippen LogP contribution in [-0.2, 0) is 9.59 Å². The number of anilines is 1. The van der Waals surface area contributed by atoms with Gasteiger partial charge in [0.15, 0.2) is 0 Å². The number of hydrogen-bond donors (Lipinski definition) is 2. The summed E-state index contributed by atoms with van der Waals surface area (Å²) in [5, 5.41) is 5.13. The second-order valence-corrected chi connectivity index (χ2v) is 7.18. The first kappa shape index (κ1) is 17.2. The van der Waals surface area contributed by atoms with Crippen molar-refractivity contribution in [2.24, 2.45) is 0 Å². The van der Waals surface area contributed by atoms with Crippen molar-refractivity contribution < 1.29 is 14.4 Å². The molecule has 2 heterocycles. The first-order valence-corrected chi connectivity index (χ1v) is 8.58. The smallest absolute Gasteiger partial charge is 0.325 e. The highest BCUT2D eigenvalue weighted by molar-refractivity contribution is 7.17. The fraction of sp³-hybridized carbons (Fsp3) is 0.118. The summed E-state index contributed by atoms with van der Waals surface area (Å²) in [5.74, 6) is -0.999. The number of aryl methyl sites for hydroxylation is 1. The lowest BCUT2D eigenvalue weighted by Crippen LogP contribution is -2.38. The summed E-state index contributed by atoms with van der Waals surface area (Å²) >= 11 is 7.13. The van der Waals surface area contributed by atoms with Crippen LogP contribution in [0.4, 0.5) is 10.5 Å². The van der Waals surface area contributed by atoms with Crippen LogP contribution in [0.2, 0.25) is 4.34 Å². The predicted octanol–water partition coefficient (Wildman–Crippen LogP) is 3.24. The Morgan fingerprint density at radius 2 is 1.96 bits per heavy atom. The highest BCUT2D eigenvalue weighted by Gasteiger charge is 2.34. The topological polar surface area (TPSA) is 78.5 Å². The van der Waals surface area contributed by atoms with E-state index in [1.807, 2.05) is 19.1 Å². The Morgan fingerprint density at radius 1 is 1.24 bits per heavy atom. The zero-order chi connectivity index (χ0) is 18.0. The van der Waals surface area contributed by atoms with Gasteiger partial charge in [-0.05, 0) is 37.3 Å². The van der Waals surface area contributed by atoms with Crippen LogP contribution in [0.5, 0.6) is 0 Å². The minimum absolute atomic E-state index is 0.117. The molecule has 0 bridgehead atoms. The van der Waals surface area contributed by atoms with Gasteiger partial charge in [0.1, 0.15) is 12.2 Å². The largest absolute Gasteiger partial charge is 0.329 e. The van der Waals surface area contributed by atoms with Crippen molar-refractivity contribution in [2.45, 2.75) is 6.92 Å². The van der Waals surface area contributed by atoms with Crippen LogP contribution in [0.3, 0.4) is 0 Å². The fourth-order valence-corrected chi connectivity index (χ4v) is 3.25. The number of nitrogens with zero attached hydrogens (tertiary/aromatic N) is 1. The van der Waals surface area contributed by atoms with Crippen LogP contribution in [0, 0.1) is 6.92 Å². The third-order valence-corrected chi connectivity index (χ3v) is 4.66. The van der Waals surface area contributed by atoms with Gasteiger partial charge in [0.25, 0.3) is 5.91 Å². The first-order valence-electron chi connectivity index (χ1n) is 7.39. The lowest BCUT2D eigenvalue weighted by atomic mass is 10.2. The van der Waals surface area contributed by atoms with Gasteiger partial charge >= 0.3 is 6.03 Å².